The van der Waals surface area contributed by atoms with Gasteiger partial charge in [-0.2, -0.15) is 10.1 Å². The second-order valence-electron chi connectivity index (χ2n) is 5.46. The minimum absolute atomic E-state index is 0.390. The lowest BCUT2D eigenvalue weighted by Crippen LogP contribution is -2.26. The molecule has 1 aromatic heterocycles. The summed E-state index contributed by atoms with van der Waals surface area (Å²) >= 11 is 0. The van der Waals surface area contributed by atoms with Crippen LogP contribution in [-0.4, -0.2) is 26.8 Å². The number of nitrogens with zero attached hydrogens (tertiary/aromatic N) is 3. The van der Waals surface area contributed by atoms with Crippen LogP contribution in [0.5, 0.6) is 0 Å². The lowest BCUT2D eigenvalue weighted by atomic mass is 9.86. The van der Waals surface area contributed by atoms with Crippen LogP contribution in [0, 0.1) is 0 Å². The van der Waals surface area contributed by atoms with Gasteiger partial charge in [0, 0.05) is 24.5 Å². The Morgan fingerprint density at radius 3 is 2.76 bits per heavy atom. The van der Waals surface area contributed by atoms with Gasteiger partial charge in [-0.25, -0.2) is 4.68 Å². The number of nitrogens with one attached hydrogen (secondary N) is 1. The molecule has 5 nitrogen and oxygen atoms in total. The summed E-state index contributed by atoms with van der Waals surface area (Å²) in [6.45, 7) is 3.18. The van der Waals surface area contributed by atoms with E-state index in [0.29, 0.717) is 18.0 Å². The van der Waals surface area contributed by atoms with Crippen molar-refractivity contribution in [2.75, 3.05) is 5.32 Å². The molecule has 0 radical (unpaired) electrons. The van der Waals surface area contributed by atoms with Gasteiger partial charge < -0.3 is 11.1 Å². The van der Waals surface area contributed by atoms with Crippen molar-refractivity contribution in [1.29, 1.82) is 0 Å². The molecule has 1 unspecified atom stereocenters. The minimum atomic E-state index is 0.390. The van der Waals surface area contributed by atoms with Crippen LogP contribution in [0.3, 0.4) is 0 Å². The molecule has 0 bridgehead atoms. The Balaban J connectivity index is 1.76. The number of aromatic nitrogens is 3. The molecule has 1 aromatic rings. The van der Waals surface area contributed by atoms with E-state index >= 15 is 0 Å². The molecule has 1 atom stereocenters. The summed E-state index contributed by atoms with van der Waals surface area (Å²) in [5, 5.41) is 8.03. The van der Waals surface area contributed by atoms with E-state index in [4.69, 9.17) is 5.73 Å². The third-order valence-corrected chi connectivity index (χ3v) is 3.97. The van der Waals surface area contributed by atoms with Crippen molar-refractivity contribution in [3.8, 4) is 0 Å². The summed E-state index contributed by atoms with van der Waals surface area (Å²) in [4.78, 5) is 4.65. The number of rotatable bonds is 1. The molecule has 1 aliphatic heterocycles. The van der Waals surface area contributed by atoms with Crippen molar-refractivity contribution in [2.24, 2.45) is 5.73 Å². The smallest absolute Gasteiger partial charge is 0.221 e. The summed E-state index contributed by atoms with van der Waals surface area (Å²) in [6, 6.07) is 0.904. The van der Waals surface area contributed by atoms with Gasteiger partial charge in [0.25, 0.3) is 0 Å². The first-order valence-electron chi connectivity index (χ1n) is 6.69. The van der Waals surface area contributed by atoms with Crippen LogP contribution in [0.25, 0.3) is 0 Å². The van der Waals surface area contributed by atoms with Gasteiger partial charge in [-0.05, 0) is 39.0 Å². The van der Waals surface area contributed by atoms with E-state index in [1.165, 1.54) is 0 Å². The van der Waals surface area contributed by atoms with E-state index in [1.807, 2.05) is 4.68 Å². The molecular weight excluding hydrogens is 214 g/mol. The average molecular weight is 235 g/mol. The maximum atomic E-state index is 5.93. The zero-order valence-electron chi connectivity index (χ0n) is 10.4. The van der Waals surface area contributed by atoms with Crippen LogP contribution in [-0.2, 0) is 6.54 Å². The van der Waals surface area contributed by atoms with E-state index in [9.17, 15) is 0 Å². The number of hydrogen-bond donors (Lipinski definition) is 2. The highest BCUT2D eigenvalue weighted by Gasteiger charge is 2.26. The lowest BCUT2D eigenvalue weighted by molar-refractivity contribution is 0.382. The fraction of sp³-hybridized carbons (Fsp3) is 0.833. The first-order valence-corrected chi connectivity index (χ1v) is 6.69. The van der Waals surface area contributed by atoms with Crippen LogP contribution in [0.15, 0.2) is 0 Å². The number of anilines is 1. The molecule has 94 valence electrons. The topological polar surface area (TPSA) is 68.8 Å². The van der Waals surface area contributed by atoms with Crippen molar-refractivity contribution in [3.05, 3.63) is 5.82 Å². The summed E-state index contributed by atoms with van der Waals surface area (Å²) in [5.41, 5.74) is 5.93. The molecule has 3 rings (SSSR count). The monoisotopic (exact) mass is 235 g/mol. The van der Waals surface area contributed by atoms with Crippen molar-refractivity contribution in [3.63, 3.8) is 0 Å². The maximum Gasteiger partial charge on any atom is 0.221 e. The molecule has 1 fully saturated rings. The highest BCUT2D eigenvalue weighted by atomic mass is 15.4. The van der Waals surface area contributed by atoms with E-state index in [1.54, 1.807) is 0 Å². The molecular formula is C12H21N5. The zero-order chi connectivity index (χ0) is 11.8. The van der Waals surface area contributed by atoms with Gasteiger partial charge in [0.1, 0.15) is 0 Å². The molecule has 1 aliphatic carbocycles. The molecule has 0 aromatic carbocycles. The Kier molecular flexibility index (Phi) is 2.78. The summed E-state index contributed by atoms with van der Waals surface area (Å²) in [7, 11) is 0. The quantitative estimate of drug-likeness (QED) is 0.773. The van der Waals surface area contributed by atoms with Gasteiger partial charge in [0.2, 0.25) is 5.95 Å². The van der Waals surface area contributed by atoms with Gasteiger partial charge in [-0.15, -0.1) is 0 Å². The molecule has 0 saturated heterocycles. The maximum absolute atomic E-state index is 5.93. The molecule has 0 spiro atoms. The molecule has 0 amide bonds. The molecule has 2 aliphatic rings. The number of nitrogens with two attached hydrogens (primary N) is 1. The number of hydrogen-bond acceptors (Lipinski definition) is 4. The van der Waals surface area contributed by atoms with Crippen LogP contribution >= 0.6 is 0 Å². The summed E-state index contributed by atoms with van der Waals surface area (Å²) in [5.74, 6) is 2.49. The Bertz CT molecular complexity index is 392. The van der Waals surface area contributed by atoms with E-state index in [-0.39, 0.29) is 0 Å². The van der Waals surface area contributed by atoms with Crippen LogP contribution in [0.1, 0.15) is 50.8 Å². The predicted octanol–water partition coefficient (Wildman–Crippen LogP) is 1.47. The van der Waals surface area contributed by atoms with Crippen molar-refractivity contribution < 1.29 is 0 Å². The van der Waals surface area contributed by atoms with Crippen LogP contribution < -0.4 is 11.1 Å². The van der Waals surface area contributed by atoms with Gasteiger partial charge in [0.05, 0.1) is 0 Å². The largest absolute Gasteiger partial charge is 0.352 e. The number of fused-ring (bicyclic) bond motifs is 1. The minimum Gasteiger partial charge on any atom is -0.352 e. The van der Waals surface area contributed by atoms with E-state index in [2.05, 4.69) is 22.3 Å². The normalized spacial score (nSPS) is 32.9. The highest BCUT2D eigenvalue weighted by Crippen LogP contribution is 2.31. The molecule has 2 heterocycles. The lowest BCUT2D eigenvalue weighted by Gasteiger charge is -2.23. The van der Waals surface area contributed by atoms with Crippen LogP contribution in [0.4, 0.5) is 5.95 Å². The first kappa shape index (κ1) is 11.0. The van der Waals surface area contributed by atoms with Gasteiger partial charge in [-0.1, -0.05) is 0 Å². The Labute approximate surface area is 102 Å². The average Bonchev–Trinajstić information content (AvgIpc) is 2.72. The zero-order valence-corrected chi connectivity index (χ0v) is 10.4. The predicted molar refractivity (Wildman–Crippen MR) is 66.9 cm³/mol. The van der Waals surface area contributed by atoms with Gasteiger partial charge in [-0.3, -0.25) is 0 Å². The standard InChI is InChI=1S/C12H21N5/c1-8-6-7-17-12(14-8)15-11(16-17)9-2-4-10(13)5-3-9/h8-10H,2-7,13H2,1H3,(H,14,15,16). The molecule has 5 heteroatoms. The Morgan fingerprint density at radius 1 is 1.24 bits per heavy atom. The molecule has 3 N–H and O–H groups in total. The molecule has 17 heavy (non-hydrogen) atoms. The van der Waals surface area contributed by atoms with Gasteiger partial charge in [0.15, 0.2) is 5.82 Å². The van der Waals surface area contributed by atoms with Gasteiger partial charge >= 0.3 is 0 Å². The second kappa shape index (κ2) is 4.29. The number of aryl methyl sites for hydroxylation is 1. The third kappa shape index (κ3) is 2.16. The Hall–Kier alpha value is -1.10. The second-order valence-corrected chi connectivity index (χ2v) is 5.46. The van der Waals surface area contributed by atoms with E-state index < -0.39 is 0 Å². The Morgan fingerprint density at radius 2 is 2.00 bits per heavy atom. The van der Waals surface area contributed by atoms with E-state index in [0.717, 1.165) is 50.4 Å². The summed E-state index contributed by atoms with van der Waals surface area (Å²) < 4.78 is 2.02. The third-order valence-electron chi connectivity index (χ3n) is 3.97. The fourth-order valence-corrected chi connectivity index (χ4v) is 2.78. The highest BCUT2D eigenvalue weighted by molar-refractivity contribution is 5.29. The fourth-order valence-electron chi connectivity index (χ4n) is 2.78. The van der Waals surface area contributed by atoms with Crippen molar-refractivity contribution in [1.82, 2.24) is 14.8 Å². The first-order chi connectivity index (χ1) is 8.22. The SMILES string of the molecule is CC1CCn2nc(C3CCC(N)CC3)nc2N1. The molecule has 1 saturated carbocycles. The van der Waals surface area contributed by atoms with Crippen molar-refractivity contribution in [2.45, 2.75) is 63.6 Å². The summed E-state index contributed by atoms with van der Waals surface area (Å²) in [6.07, 6.45) is 5.63. The van der Waals surface area contributed by atoms with Crippen molar-refractivity contribution >= 4 is 5.95 Å². The van der Waals surface area contributed by atoms with Crippen LogP contribution in [0.2, 0.25) is 0 Å².